The predicted octanol–water partition coefficient (Wildman–Crippen LogP) is 2.24. The molecule has 1 aliphatic carbocycles. The number of aliphatic hydroxyl groups is 1. The first-order chi connectivity index (χ1) is 4.34. The van der Waals surface area contributed by atoms with Crippen molar-refractivity contribution in [3.05, 3.63) is 9.66 Å². The van der Waals surface area contributed by atoms with Crippen molar-refractivity contribution in [3.63, 3.8) is 0 Å². The van der Waals surface area contributed by atoms with E-state index in [4.69, 9.17) is 0 Å². The first-order valence-corrected chi connectivity index (χ1v) is 4.56. The molecule has 0 aromatic heterocycles. The van der Waals surface area contributed by atoms with E-state index in [1.165, 1.54) is 18.4 Å². The molecule has 0 bridgehead atoms. The molecule has 0 aliphatic heterocycles. The van der Waals surface area contributed by atoms with Crippen molar-refractivity contribution in [1.29, 1.82) is 0 Å². The largest absolute Gasteiger partial charge is 0.389 e. The Morgan fingerprint density at radius 1 is 1.56 bits per heavy atom. The fourth-order valence-corrected chi connectivity index (χ4v) is 1.87. The van der Waals surface area contributed by atoms with Crippen LogP contribution in [0.4, 0.5) is 0 Å². The van der Waals surface area contributed by atoms with Gasteiger partial charge >= 0.3 is 0 Å². The van der Waals surface area contributed by atoms with Crippen molar-refractivity contribution in [1.82, 2.24) is 0 Å². The molecule has 0 aromatic carbocycles. The van der Waals surface area contributed by atoms with Gasteiger partial charge in [0.05, 0.1) is 6.10 Å². The molecule has 0 amide bonds. The third-order valence-electron chi connectivity index (χ3n) is 1.76. The van der Waals surface area contributed by atoms with Gasteiger partial charge < -0.3 is 5.11 Å². The average molecular weight is 238 g/mol. The molecular weight excluding hydrogens is 227 g/mol. The van der Waals surface area contributed by atoms with Crippen LogP contribution in [0.5, 0.6) is 0 Å². The van der Waals surface area contributed by atoms with Crippen LogP contribution < -0.4 is 0 Å². The third-order valence-corrected chi connectivity index (χ3v) is 2.56. The number of hydrogen-bond donors (Lipinski definition) is 1. The fraction of sp³-hybridized carbons (Fsp3) is 0.714. The fourth-order valence-electron chi connectivity index (χ4n) is 1.15. The standard InChI is InChI=1S/C7H11IO/c8-5-6-3-1-2-4-7(6)9/h5,7,9H,1-4H2. The summed E-state index contributed by atoms with van der Waals surface area (Å²) in [4.78, 5) is 0. The van der Waals surface area contributed by atoms with Crippen LogP contribution in [0.3, 0.4) is 0 Å². The van der Waals surface area contributed by atoms with Crippen molar-refractivity contribution in [3.8, 4) is 0 Å². The summed E-state index contributed by atoms with van der Waals surface area (Å²) in [5, 5.41) is 9.30. The Morgan fingerprint density at radius 2 is 2.33 bits per heavy atom. The first kappa shape index (κ1) is 7.54. The lowest BCUT2D eigenvalue weighted by Gasteiger charge is -2.19. The maximum absolute atomic E-state index is 9.30. The second kappa shape index (κ2) is 3.56. The van der Waals surface area contributed by atoms with E-state index in [9.17, 15) is 5.11 Å². The number of halogens is 1. The summed E-state index contributed by atoms with van der Waals surface area (Å²) in [6.07, 6.45) is 4.38. The summed E-state index contributed by atoms with van der Waals surface area (Å²) in [7, 11) is 0. The Kier molecular flexibility index (Phi) is 2.98. The van der Waals surface area contributed by atoms with Crippen molar-refractivity contribution in [2.24, 2.45) is 0 Å². The maximum Gasteiger partial charge on any atom is 0.0757 e. The highest BCUT2D eigenvalue weighted by Crippen LogP contribution is 2.24. The lowest BCUT2D eigenvalue weighted by molar-refractivity contribution is 0.179. The zero-order valence-electron chi connectivity index (χ0n) is 5.31. The minimum absolute atomic E-state index is 0.129. The van der Waals surface area contributed by atoms with Crippen LogP contribution in [0, 0.1) is 0 Å². The molecule has 1 fully saturated rings. The van der Waals surface area contributed by atoms with E-state index in [1.54, 1.807) is 0 Å². The highest BCUT2D eigenvalue weighted by atomic mass is 127. The van der Waals surface area contributed by atoms with Gasteiger partial charge in [-0.1, -0.05) is 29.0 Å². The molecule has 2 heteroatoms. The Bertz CT molecular complexity index is 120. The Labute approximate surface area is 69.3 Å². The van der Waals surface area contributed by atoms with Gasteiger partial charge in [0.2, 0.25) is 0 Å². The monoisotopic (exact) mass is 238 g/mol. The van der Waals surface area contributed by atoms with Crippen molar-refractivity contribution < 1.29 is 5.11 Å². The van der Waals surface area contributed by atoms with E-state index in [0.29, 0.717) is 0 Å². The molecule has 9 heavy (non-hydrogen) atoms. The quantitative estimate of drug-likeness (QED) is 0.641. The molecule has 1 aliphatic rings. The molecule has 0 aromatic rings. The second-order valence-electron chi connectivity index (χ2n) is 2.45. The molecule has 1 rings (SSSR count). The van der Waals surface area contributed by atoms with E-state index in [2.05, 4.69) is 22.6 Å². The van der Waals surface area contributed by atoms with Crippen molar-refractivity contribution in [2.75, 3.05) is 0 Å². The average Bonchev–Trinajstić information content (AvgIpc) is 1.89. The first-order valence-electron chi connectivity index (χ1n) is 3.32. The minimum Gasteiger partial charge on any atom is -0.389 e. The SMILES string of the molecule is OC1CCCCC1=CI. The van der Waals surface area contributed by atoms with E-state index < -0.39 is 0 Å². The molecule has 0 heterocycles. The maximum atomic E-state index is 9.30. The van der Waals surface area contributed by atoms with Gasteiger partial charge in [-0.25, -0.2) is 0 Å². The predicted molar refractivity (Wildman–Crippen MR) is 46.6 cm³/mol. The third kappa shape index (κ3) is 1.93. The zero-order valence-corrected chi connectivity index (χ0v) is 7.47. The minimum atomic E-state index is -0.129. The van der Waals surface area contributed by atoms with Gasteiger partial charge in [-0.15, -0.1) is 0 Å². The Morgan fingerprint density at radius 3 is 2.78 bits per heavy atom. The summed E-state index contributed by atoms with van der Waals surface area (Å²) in [6, 6.07) is 0. The summed E-state index contributed by atoms with van der Waals surface area (Å²) in [5.41, 5.74) is 1.22. The van der Waals surface area contributed by atoms with E-state index >= 15 is 0 Å². The lowest BCUT2D eigenvalue weighted by Crippen LogP contribution is -2.14. The highest BCUT2D eigenvalue weighted by molar-refractivity contribution is 14.1. The molecule has 0 spiro atoms. The molecule has 1 nitrogen and oxygen atoms in total. The molecule has 1 N–H and O–H groups in total. The topological polar surface area (TPSA) is 20.2 Å². The van der Waals surface area contributed by atoms with Crippen molar-refractivity contribution in [2.45, 2.75) is 31.8 Å². The number of aliphatic hydroxyl groups excluding tert-OH is 1. The smallest absolute Gasteiger partial charge is 0.0757 e. The van der Waals surface area contributed by atoms with Gasteiger partial charge in [-0.05, 0) is 28.9 Å². The number of hydrogen-bond acceptors (Lipinski definition) is 1. The van der Waals surface area contributed by atoms with Crippen molar-refractivity contribution >= 4 is 22.6 Å². The van der Waals surface area contributed by atoms with Crippen LogP contribution in [0.15, 0.2) is 9.66 Å². The van der Waals surface area contributed by atoms with E-state index in [1.807, 2.05) is 4.08 Å². The van der Waals surface area contributed by atoms with Gasteiger partial charge in [0.25, 0.3) is 0 Å². The van der Waals surface area contributed by atoms with Crippen LogP contribution >= 0.6 is 22.6 Å². The summed E-state index contributed by atoms with van der Waals surface area (Å²) >= 11 is 2.20. The Balaban J connectivity index is 2.49. The van der Waals surface area contributed by atoms with Gasteiger partial charge in [0.1, 0.15) is 0 Å². The van der Waals surface area contributed by atoms with Crippen LogP contribution in [0.1, 0.15) is 25.7 Å². The molecule has 1 atom stereocenters. The molecule has 1 saturated carbocycles. The van der Waals surface area contributed by atoms with Gasteiger partial charge in [-0.3, -0.25) is 0 Å². The normalized spacial score (nSPS) is 33.1. The van der Waals surface area contributed by atoms with Crippen LogP contribution in [0.2, 0.25) is 0 Å². The van der Waals surface area contributed by atoms with Gasteiger partial charge in [-0.2, -0.15) is 0 Å². The molecule has 1 unspecified atom stereocenters. The van der Waals surface area contributed by atoms with Gasteiger partial charge in [0.15, 0.2) is 0 Å². The van der Waals surface area contributed by atoms with E-state index in [0.717, 1.165) is 12.8 Å². The van der Waals surface area contributed by atoms with Crippen LogP contribution in [0.25, 0.3) is 0 Å². The molecule has 52 valence electrons. The highest BCUT2D eigenvalue weighted by Gasteiger charge is 2.14. The number of rotatable bonds is 0. The van der Waals surface area contributed by atoms with Crippen LogP contribution in [-0.2, 0) is 0 Å². The summed E-state index contributed by atoms with van der Waals surface area (Å²) < 4.78 is 2.02. The second-order valence-corrected chi connectivity index (χ2v) is 3.07. The summed E-state index contributed by atoms with van der Waals surface area (Å²) in [5.74, 6) is 0. The van der Waals surface area contributed by atoms with E-state index in [-0.39, 0.29) is 6.10 Å². The molecule has 0 radical (unpaired) electrons. The van der Waals surface area contributed by atoms with Gasteiger partial charge in [0, 0.05) is 0 Å². The Hall–Kier alpha value is 0.430. The van der Waals surface area contributed by atoms with Crippen LogP contribution in [-0.4, -0.2) is 11.2 Å². The zero-order chi connectivity index (χ0) is 6.69. The molecule has 0 saturated heterocycles. The molecular formula is C7H11IO. The summed E-state index contributed by atoms with van der Waals surface area (Å²) in [6.45, 7) is 0. The lowest BCUT2D eigenvalue weighted by atomic mass is 9.94.